The van der Waals surface area contributed by atoms with E-state index < -0.39 is 0 Å². The van der Waals surface area contributed by atoms with Gasteiger partial charge < -0.3 is 15.2 Å². The summed E-state index contributed by atoms with van der Waals surface area (Å²) in [5, 5.41) is 11.7. The summed E-state index contributed by atoms with van der Waals surface area (Å²) in [6.45, 7) is 2.81. The number of aromatic amines is 1. The lowest BCUT2D eigenvalue weighted by Gasteiger charge is -2.33. The molecule has 6 nitrogen and oxygen atoms in total. The number of imidazole rings is 1. The van der Waals surface area contributed by atoms with Gasteiger partial charge in [0.15, 0.2) is 5.82 Å². The van der Waals surface area contributed by atoms with Gasteiger partial charge in [-0.05, 0) is 25.0 Å². The lowest BCUT2D eigenvalue weighted by atomic mass is 10.1. The predicted molar refractivity (Wildman–Crippen MR) is 72.7 cm³/mol. The fraction of sp³-hybridized carbons (Fsp3) is 0.462. The Morgan fingerprint density at radius 3 is 3.21 bits per heavy atom. The van der Waals surface area contributed by atoms with Gasteiger partial charge in [-0.1, -0.05) is 0 Å². The first-order valence-corrected chi connectivity index (χ1v) is 6.66. The van der Waals surface area contributed by atoms with Gasteiger partial charge in [-0.25, -0.2) is 4.98 Å². The van der Waals surface area contributed by atoms with Crippen LogP contribution in [0, 0.1) is 0 Å². The third kappa shape index (κ3) is 3.08. The molecule has 0 unspecified atom stereocenters. The number of nitrogens with zero attached hydrogens (tertiary/aromatic N) is 4. The van der Waals surface area contributed by atoms with Crippen LogP contribution in [-0.2, 0) is 6.54 Å². The summed E-state index contributed by atoms with van der Waals surface area (Å²) in [6, 6.07) is 4.42. The lowest BCUT2D eigenvalue weighted by Crippen LogP contribution is -2.46. The largest absolute Gasteiger partial charge is 0.354 e. The zero-order valence-electron chi connectivity index (χ0n) is 10.8. The summed E-state index contributed by atoms with van der Waals surface area (Å²) in [5.41, 5.74) is 0. The average Bonchev–Trinajstić information content (AvgIpc) is 3.00. The van der Waals surface area contributed by atoms with Crippen LogP contribution in [0.2, 0.25) is 0 Å². The second-order valence-corrected chi connectivity index (χ2v) is 4.78. The molecule has 0 bridgehead atoms. The summed E-state index contributed by atoms with van der Waals surface area (Å²) in [6.07, 6.45) is 7.71. The summed E-state index contributed by atoms with van der Waals surface area (Å²) in [5.74, 6) is 1.95. The third-order valence-electron chi connectivity index (χ3n) is 3.42. The maximum atomic E-state index is 4.22. The van der Waals surface area contributed by atoms with Crippen molar-refractivity contribution in [2.75, 3.05) is 18.0 Å². The number of rotatable bonds is 4. The maximum Gasteiger partial charge on any atom is 0.151 e. The van der Waals surface area contributed by atoms with Crippen LogP contribution in [0.25, 0.3) is 0 Å². The van der Waals surface area contributed by atoms with Crippen molar-refractivity contribution < 1.29 is 0 Å². The molecule has 1 aliphatic rings. The summed E-state index contributed by atoms with van der Waals surface area (Å²) in [7, 11) is 0. The molecule has 6 heteroatoms. The Kier molecular flexibility index (Phi) is 3.69. The van der Waals surface area contributed by atoms with Crippen molar-refractivity contribution in [2.24, 2.45) is 0 Å². The van der Waals surface area contributed by atoms with Gasteiger partial charge in [0, 0.05) is 37.7 Å². The van der Waals surface area contributed by atoms with Gasteiger partial charge >= 0.3 is 0 Å². The molecule has 0 radical (unpaired) electrons. The third-order valence-corrected chi connectivity index (χ3v) is 3.42. The highest BCUT2D eigenvalue weighted by molar-refractivity contribution is 5.37. The van der Waals surface area contributed by atoms with Crippen LogP contribution >= 0.6 is 0 Å². The minimum absolute atomic E-state index is 0.473. The minimum Gasteiger partial charge on any atom is -0.354 e. The molecule has 19 heavy (non-hydrogen) atoms. The van der Waals surface area contributed by atoms with E-state index in [-0.39, 0.29) is 0 Å². The van der Waals surface area contributed by atoms with Crippen molar-refractivity contribution in [1.29, 1.82) is 0 Å². The van der Waals surface area contributed by atoms with Crippen LogP contribution in [-0.4, -0.2) is 39.3 Å². The van der Waals surface area contributed by atoms with Gasteiger partial charge in [-0.3, -0.25) is 0 Å². The molecule has 2 aromatic rings. The van der Waals surface area contributed by atoms with Gasteiger partial charge in [0.2, 0.25) is 0 Å². The first-order chi connectivity index (χ1) is 9.42. The molecule has 2 N–H and O–H groups in total. The number of anilines is 1. The van der Waals surface area contributed by atoms with E-state index in [0.29, 0.717) is 6.04 Å². The van der Waals surface area contributed by atoms with Crippen LogP contribution in [0.15, 0.2) is 30.7 Å². The van der Waals surface area contributed by atoms with Gasteiger partial charge in [0.25, 0.3) is 0 Å². The molecule has 100 valence electrons. The minimum atomic E-state index is 0.473. The molecule has 0 aromatic carbocycles. The number of hydrogen-bond donors (Lipinski definition) is 2. The van der Waals surface area contributed by atoms with Crippen molar-refractivity contribution in [3.05, 3.63) is 36.5 Å². The van der Waals surface area contributed by atoms with Crippen molar-refractivity contribution in [3.63, 3.8) is 0 Å². The molecular formula is C13H18N6. The van der Waals surface area contributed by atoms with Crippen LogP contribution < -0.4 is 10.2 Å². The highest BCUT2D eigenvalue weighted by Crippen LogP contribution is 2.16. The topological polar surface area (TPSA) is 69.7 Å². The molecule has 1 aliphatic heterocycles. The first-order valence-electron chi connectivity index (χ1n) is 6.66. The number of aromatic nitrogens is 4. The summed E-state index contributed by atoms with van der Waals surface area (Å²) in [4.78, 5) is 9.62. The average molecular weight is 258 g/mol. The van der Waals surface area contributed by atoms with Crippen molar-refractivity contribution >= 4 is 5.82 Å². The Hall–Kier alpha value is -1.95. The number of piperidine rings is 1. The second-order valence-electron chi connectivity index (χ2n) is 4.78. The molecule has 0 aliphatic carbocycles. The van der Waals surface area contributed by atoms with Gasteiger partial charge in [-0.15, -0.1) is 5.10 Å². The number of hydrogen-bond acceptors (Lipinski definition) is 5. The fourth-order valence-electron chi connectivity index (χ4n) is 2.45. The molecular weight excluding hydrogens is 240 g/mol. The number of nitrogens with one attached hydrogen (secondary N) is 2. The van der Waals surface area contributed by atoms with Gasteiger partial charge in [0.1, 0.15) is 5.82 Å². The maximum absolute atomic E-state index is 4.22. The molecule has 0 spiro atoms. The van der Waals surface area contributed by atoms with E-state index in [4.69, 9.17) is 0 Å². The Morgan fingerprint density at radius 1 is 1.42 bits per heavy atom. The summed E-state index contributed by atoms with van der Waals surface area (Å²) >= 11 is 0. The molecule has 0 saturated carbocycles. The Labute approximate surface area is 112 Å². The van der Waals surface area contributed by atoms with Crippen molar-refractivity contribution in [1.82, 2.24) is 25.5 Å². The molecule has 3 heterocycles. The van der Waals surface area contributed by atoms with Gasteiger partial charge in [-0.2, -0.15) is 5.10 Å². The van der Waals surface area contributed by atoms with Crippen molar-refractivity contribution in [2.45, 2.75) is 25.4 Å². The van der Waals surface area contributed by atoms with Gasteiger partial charge in [0.05, 0.1) is 6.54 Å². The lowest BCUT2D eigenvalue weighted by molar-refractivity contribution is 0.416. The Bertz CT molecular complexity index is 483. The highest BCUT2D eigenvalue weighted by atomic mass is 15.3. The van der Waals surface area contributed by atoms with E-state index in [0.717, 1.165) is 31.3 Å². The van der Waals surface area contributed by atoms with E-state index in [2.05, 4.69) is 30.4 Å². The summed E-state index contributed by atoms with van der Waals surface area (Å²) < 4.78 is 0. The van der Waals surface area contributed by atoms with E-state index in [1.165, 1.54) is 12.8 Å². The van der Waals surface area contributed by atoms with E-state index in [9.17, 15) is 0 Å². The Morgan fingerprint density at radius 2 is 2.42 bits per heavy atom. The van der Waals surface area contributed by atoms with Crippen LogP contribution in [0.5, 0.6) is 0 Å². The molecule has 0 amide bonds. The smallest absolute Gasteiger partial charge is 0.151 e. The fourth-order valence-corrected chi connectivity index (χ4v) is 2.45. The van der Waals surface area contributed by atoms with Crippen LogP contribution in [0.3, 0.4) is 0 Å². The predicted octanol–water partition coefficient (Wildman–Crippen LogP) is 0.958. The molecule has 2 aromatic heterocycles. The SMILES string of the molecule is c1cnnc(N2CCC[C@@H](NCc3ncc[nH]3)C2)c1. The van der Waals surface area contributed by atoms with E-state index in [1.54, 1.807) is 12.4 Å². The van der Waals surface area contributed by atoms with Crippen LogP contribution in [0.1, 0.15) is 18.7 Å². The molecule has 3 rings (SSSR count). The zero-order valence-corrected chi connectivity index (χ0v) is 10.8. The zero-order chi connectivity index (χ0) is 12.9. The monoisotopic (exact) mass is 258 g/mol. The van der Waals surface area contributed by atoms with Crippen LogP contribution in [0.4, 0.5) is 5.82 Å². The second kappa shape index (κ2) is 5.79. The van der Waals surface area contributed by atoms with E-state index in [1.807, 2.05) is 18.3 Å². The molecule has 1 atom stereocenters. The number of H-pyrrole nitrogens is 1. The molecule has 1 fully saturated rings. The molecule has 1 saturated heterocycles. The quantitative estimate of drug-likeness (QED) is 0.854. The standard InChI is InChI=1S/C13H18N6/c1-4-13(18-17-5-1)19-8-2-3-11(10-19)16-9-12-14-6-7-15-12/h1,4-7,11,16H,2-3,8-10H2,(H,14,15)/t11-/m1/s1. The normalized spacial score (nSPS) is 19.6. The Balaban J connectivity index is 1.56. The van der Waals surface area contributed by atoms with Crippen molar-refractivity contribution in [3.8, 4) is 0 Å². The first kappa shape index (κ1) is 12.1. The highest BCUT2D eigenvalue weighted by Gasteiger charge is 2.20. The van der Waals surface area contributed by atoms with E-state index >= 15 is 0 Å².